The summed E-state index contributed by atoms with van der Waals surface area (Å²) in [5.74, 6) is 0.505. The third kappa shape index (κ3) is 4.64. The Morgan fingerprint density at radius 3 is 3.00 bits per heavy atom. The quantitative estimate of drug-likeness (QED) is 0.789. The number of nitrogens with one attached hydrogen (secondary N) is 1. The standard InChI is InChI=1S/C13H17N3O/c1-10(2)4-3-6-16-13(17)11-5-7-15-12(8-11)9-14/h5,7-8,10H,3-4,6H2,1-2H3,(H,16,17). The number of pyridine rings is 1. The number of amides is 1. The predicted octanol–water partition coefficient (Wildman–Crippen LogP) is 2.12. The number of nitrogens with zero attached hydrogens (tertiary/aromatic N) is 2. The van der Waals surface area contributed by atoms with E-state index in [1.54, 1.807) is 6.07 Å². The fourth-order valence-electron chi connectivity index (χ4n) is 1.45. The molecule has 1 rings (SSSR count). The average molecular weight is 231 g/mol. The Morgan fingerprint density at radius 1 is 1.59 bits per heavy atom. The van der Waals surface area contributed by atoms with Crippen LogP contribution in [0.25, 0.3) is 0 Å². The van der Waals surface area contributed by atoms with Gasteiger partial charge in [0.2, 0.25) is 0 Å². The maximum Gasteiger partial charge on any atom is 0.251 e. The molecule has 1 heterocycles. The van der Waals surface area contributed by atoms with E-state index in [9.17, 15) is 4.79 Å². The van der Waals surface area contributed by atoms with Crippen LogP contribution in [0, 0.1) is 17.2 Å². The summed E-state index contributed by atoms with van der Waals surface area (Å²) in [7, 11) is 0. The third-order valence-corrected chi connectivity index (χ3v) is 2.38. The van der Waals surface area contributed by atoms with Gasteiger partial charge in [-0.1, -0.05) is 13.8 Å². The first kappa shape index (κ1) is 13.2. The van der Waals surface area contributed by atoms with Crippen LogP contribution in [-0.2, 0) is 0 Å². The monoisotopic (exact) mass is 231 g/mol. The highest BCUT2D eigenvalue weighted by Gasteiger charge is 2.05. The van der Waals surface area contributed by atoms with Gasteiger partial charge in [0, 0.05) is 18.3 Å². The normalized spacial score (nSPS) is 10.0. The van der Waals surface area contributed by atoms with E-state index >= 15 is 0 Å². The molecule has 4 heteroatoms. The molecule has 0 saturated carbocycles. The molecule has 0 aliphatic heterocycles. The van der Waals surface area contributed by atoms with Crippen molar-refractivity contribution in [2.24, 2.45) is 5.92 Å². The summed E-state index contributed by atoms with van der Waals surface area (Å²) in [6, 6.07) is 5.02. The summed E-state index contributed by atoms with van der Waals surface area (Å²) in [5, 5.41) is 11.5. The second kappa shape index (κ2) is 6.64. The Bertz CT molecular complexity index is 421. The summed E-state index contributed by atoms with van der Waals surface area (Å²) in [6.07, 6.45) is 3.54. The first-order valence-electron chi connectivity index (χ1n) is 5.78. The lowest BCUT2D eigenvalue weighted by Crippen LogP contribution is -2.24. The minimum absolute atomic E-state index is 0.146. The number of rotatable bonds is 5. The lowest BCUT2D eigenvalue weighted by Gasteiger charge is -2.06. The molecule has 0 spiro atoms. The summed E-state index contributed by atoms with van der Waals surface area (Å²) >= 11 is 0. The molecule has 0 fully saturated rings. The van der Waals surface area contributed by atoms with Gasteiger partial charge in [0.1, 0.15) is 11.8 Å². The Balaban J connectivity index is 2.44. The van der Waals surface area contributed by atoms with Crippen LogP contribution < -0.4 is 5.32 Å². The van der Waals surface area contributed by atoms with Crippen LogP contribution in [0.2, 0.25) is 0 Å². The predicted molar refractivity (Wildman–Crippen MR) is 65.4 cm³/mol. The van der Waals surface area contributed by atoms with Gasteiger partial charge < -0.3 is 5.32 Å². The second-order valence-electron chi connectivity index (χ2n) is 4.33. The molecule has 0 atom stereocenters. The summed E-state index contributed by atoms with van der Waals surface area (Å²) in [6.45, 7) is 4.98. The molecule has 4 nitrogen and oxygen atoms in total. The van der Waals surface area contributed by atoms with Crippen molar-refractivity contribution in [3.63, 3.8) is 0 Å². The van der Waals surface area contributed by atoms with Gasteiger partial charge in [-0.05, 0) is 30.9 Å². The topological polar surface area (TPSA) is 65.8 Å². The molecule has 0 aromatic carbocycles. The van der Waals surface area contributed by atoms with Crippen molar-refractivity contribution in [3.05, 3.63) is 29.6 Å². The van der Waals surface area contributed by atoms with Crippen LogP contribution in [0.5, 0.6) is 0 Å². The van der Waals surface area contributed by atoms with Gasteiger partial charge in [0.05, 0.1) is 0 Å². The van der Waals surface area contributed by atoms with Gasteiger partial charge in [-0.25, -0.2) is 4.98 Å². The smallest absolute Gasteiger partial charge is 0.251 e. The van der Waals surface area contributed by atoms with Crippen molar-refractivity contribution < 1.29 is 4.79 Å². The van der Waals surface area contributed by atoms with E-state index in [1.807, 2.05) is 6.07 Å². The van der Waals surface area contributed by atoms with Crippen molar-refractivity contribution in [2.75, 3.05) is 6.54 Å². The van der Waals surface area contributed by atoms with Crippen molar-refractivity contribution in [2.45, 2.75) is 26.7 Å². The van der Waals surface area contributed by atoms with Gasteiger partial charge in [-0.15, -0.1) is 0 Å². The molecular weight excluding hydrogens is 214 g/mol. The molecule has 1 aromatic heterocycles. The molecule has 1 N–H and O–H groups in total. The fraction of sp³-hybridized carbons (Fsp3) is 0.462. The Labute approximate surface area is 102 Å². The number of hydrogen-bond donors (Lipinski definition) is 1. The Morgan fingerprint density at radius 2 is 2.35 bits per heavy atom. The van der Waals surface area contributed by atoms with E-state index in [4.69, 9.17) is 5.26 Å². The molecule has 1 aromatic rings. The van der Waals surface area contributed by atoms with E-state index < -0.39 is 0 Å². The SMILES string of the molecule is CC(C)CCCNC(=O)c1ccnc(C#N)c1. The zero-order valence-electron chi connectivity index (χ0n) is 10.2. The van der Waals surface area contributed by atoms with E-state index in [0.29, 0.717) is 18.0 Å². The molecule has 0 unspecified atom stereocenters. The number of carbonyl (C=O) groups is 1. The first-order valence-corrected chi connectivity index (χ1v) is 5.78. The number of aromatic nitrogens is 1. The maximum atomic E-state index is 11.7. The maximum absolute atomic E-state index is 11.7. The highest BCUT2D eigenvalue weighted by molar-refractivity contribution is 5.94. The van der Waals surface area contributed by atoms with Gasteiger partial charge in [-0.2, -0.15) is 5.26 Å². The number of hydrogen-bond acceptors (Lipinski definition) is 3. The van der Waals surface area contributed by atoms with E-state index in [0.717, 1.165) is 12.8 Å². The third-order valence-electron chi connectivity index (χ3n) is 2.38. The minimum Gasteiger partial charge on any atom is -0.352 e. The van der Waals surface area contributed by atoms with Gasteiger partial charge >= 0.3 is 0 Å². The van der Waals surface area contributed by atoms with Crippen LogP contribution in [0.15, 0.2) is 18.3 Å². The molecular formula is C13H17N3O. The van der Waals surface area contributed by atoms with Crippen LogP contribution in [-0.4, -0.2) is 17.4 Å². The molecule has 17 heavy (non-hydrogen) atoms. The molecule has 90 valence electrons. The number of carbonyl (C=O) groups excluding carboxylic acids is 1. The minimum atomic E-state index is -0.146. The van der Waals surface area contributed by atoms with Gasteiger partial charge in [0.15, 0.2) is 0 Å². The molecule has 0 saturated heterocycles. The molecule has 1 amide bonds. The van der Waals surface area contributed by atoms with Crippen molar-refractivity contribution in [3.8, 4) is 6.07 Å². The van der Waals surface area contributed by atoms with Crippen LogP contribution >= 0.6 is 0 Å². The van der Waals surface area contributed by atoms with Crippen molar-refractivity contribution in [1.82, 2.24) is 10.3 Å². The van der Waals surface area contributed by atoms with Crippen molar-refractivity contribution in [1.29, 1.82) is 5.26 Å². The zero-order valence-corrected chi connectivity index (χ0v) is 10.2. The first-order chi connectivity index (χ1) is 8.13. The zero-order chi connectivity index (χ0) is 12.7. The summed E-state index contributed by atoms with van der Waals surface area (Å²) in [4.78, 5) is 15.5. The van der Waals surface area contributed by atoms with E-state index in [2.05, 4.69) is 24.1 Å². The Hall–Kier alpha value is -1.89. The van der Waals surface area contributed by atoms with Gasteiger partial charge in [-0.3, -0.25) is 4.79 Å². The van der Waals surface area contributed by atoms with Gasteiger partial charge in [0.25, 0.3) is 5.91 Å². The lowest BCUT2D eigenvalue weighted by atomic mass is 10.1. The second-order valence-corrected chi connectivity index (χ2v) is 4.33. The number of nitriles is 1. The highest BCUT2D eigenvalue weighted by atomic mass is 16.1. The largest absolute Gasteiger partial charge is 0.352 e. The highest BCUT2D eigenvalue weighted by Crippen LogP contribution is 2.03. The van der Waals surface area contributed by atoms with E-state index in [-0.39, 0.29) is 11.6 Å². The van der Waals surface area contributed by atoms with Crippen LogP contribution in [0.3, 0.4) is 0 Å². The summed E-state index contributed by atoms with van der Waals surface area (Å²) in [5.41, 5.74) is 0.751. The Kier molecular flexibility index (Phi) is 5.15. The van der Waals surface area contributed by atoms with Crippen LogP contribution in [0.1, 0.15) is 42.7 Å². The molecule has 0 aliphatic carbocycles. The lowest BCUT2D eigenvalue weighted by molar-refractivity contribution is 0.0952. The summed E-state index contributed by atoms with van der Waals surface area (Å²) < 4.78 is 0. The fourth-order valence-corrected chi connectivity index (χ4v) is 1.45. The molecule has 0 aliphatic rings. The average Bonchev–Trinajstić information content (AvgIpc) is 2.34. The molecule has 0 radical (unpaired) electrons. The molecule has 0 bridgehead atoms. The van der Waals surface area contributed by atoms with Crippen molar-refractivity contribution >= 4 is 5.91 Å². The van der Waals surface area contributed by atoms with Crippen LogP contribution in [0.4, 0.5) is 0 Å². The van der Waals surface area contributed by atoms with E-state index in [1.165, 1.54) is 12.3 Å².